The maximum Gasteiger partial charge on any atom is 0.309 e. The lowest BCUT2D eigenvalue weighted by Gasteiger charge is -2.37. The number of carbonyl (C=O) groups is 2. The zero-order chi connectivity index (χ0) is 16.8. The molecule has 0 saturated heterocycles. The van der Waals surface area contributed by atoms with Gasteiger partial charge >= 0.3 is 5.97 Å². The van der Waals surface area contributed by atoms with Crippen LogP contribution in [0, 0.1) is 16.7 Å². The molecule has 6 heteroatoms. The second kappa shape index (κ2) is 5.58. The van der Waals surface area contributed by atoms with Gasteiger partial charge in [0.15, 0.2) is 5.13 Å². The number of carbonyl (C=O) groups excluding carboxylic acids is 1. The van der Waals surface area contributed by atoms with Crippen molar-refractivity contribution in [1.29, 1.82) is 0 Å². The van der Waals surface area contributed by atoms with E-state index in [1.54, 1.807) is 18.3 Å². The summed E-state index contributed by atoms with van der Waals surface area (Å²) in [6.07, 6.45) is 5.53. The molecule has 0 unspecified atom stereocenters. The van der Waals surface area contributed by atoms with Gasteiger partial charge in [0.1, 0.15) is 0 Å². The number of hydrogen-bond acceptors (Lipinski definition) is 4. The molecule has 0 radical (unpaired) electrons. The standard InChI is InChI=1S/C17H24N2O3S/c1-16(2)10(8-9-17(16,3)14(21)22)13(20)19-15-18-11-6-4-5-7-12(11)23-15/h10H,4-9H2,1-3H3,(H,21,22)(H,18,19,20)/t10-,17+/m1/s1. The summed E-state index contributed by atoms with van der Waals surface area (Å²) in [6.45, 7) is 5.54. The van der Waals surface area contributed by atoms with E-state index in [1.165, 1.54) is 11.3 Å². The van der Waals surface area contributed by atoms with Gasteiger partial charge in [0, 0.05) is 10.8 Å². The predicted octanol–water partition coefficient (Wildman–Crippen LogP) is 3.49. The van der Waals surface area contributed by atoms with Gasteiger partial charge in [0.25, 0.3) is 0 Å². The van der Waals surface area contributed by atoms with E-state index < -0.39 is 16.8 Å². The van der Waals surface area contributed by atoms with Crippen LogP contribution in [0.25, 0.3) is 0 Å². The first kappa shape index (κ1) is 16.4. The molecule has 2 aliphatic carbocycles. The third-order valence-electron chi connectivity index (χ3n) is 6.09. The molecule has 1 aromatic rings. The van der Waals surface area contributed by atoms with Gasteiger partial charge in [-0.05, 0) is 50.9 Å². The molecule has 5 nitrogen and oxygen atoms in total. The van der Waals surface area contributed by atoms with Crippen molar-refractivity contribution < 1.29 is 14.7 Å². The Hall–Kier alpha value is -1.43. The molecule has 2 N–H and O–H groups in total. The molecular formula is C17H24N2O3S. The molecule has 0 aliphatic heterocycles. The molecule has 1 heterocycles. The van der Waals surface area contributed by atoms with Crippen molar-refractivity contribution in [1.82, 2.24) is 4.98 Å². The van der Waals surface area contributed by atoms with Crippen molar-refractivity contribution in [3.05, 3.63) is 10.6 Å². The first-order valence-corrected chi connectivity index (χ1v) is 9.10. The molecule has 23 heavy (non-hydrogen) atoms. The Balaban J connectivity index is 1.76. The van der Waals surface area contributed by atoms with Gasteiger partial charge < -0.3 is 10.4 Å². The fourth-order valence-electron chi connectivity index (χ4n) is 3.94. The Morgan fingerprint density at radius 1 is 1.26 bits per heavy atom. The Morgan fingerprint density at radius 2 is 1.96 bits per heavy atom. The third-order valence-corrected chi connectivity index (χ3v) is 7.16. The molecule has 2 atom stereocenters. The lowest BCUT2D eigenvalue weighted by atomic mass is 9.65. The number of carboxylic acids is 1. The highest BCUT2D eigenvalue weighted by atomic mass is 32.1. The summed E-state index contributed by atoms with van der Waals surface area (Å²) < 4.78 is 0. The molecule has 1 aromatic heterocycles. The Kier molecular flexibility index (Phi) is 3.99. The van der Waals surface area contributed by atoms with E-state index in [1.807, 2.05) is 13.8 Å². The molecule has 1 saturated carbocycles. The average molecular weight is 336 g/mol. The number of thiazole rings is 1. The number of nitrogens with zero attached hydrogens (tertiary/aromatic N) is 1. The average Bonchev–Trinajstić information content (AvgIpc) is 2.98. The zero-order valence-electron chi connectivity index (χ0n) is 13.9. The van der Waals surface area contributed by atoms with Crippen LogP contribution in [0.15, 0.2) is 0 Å². The number of fused-ring (bicyclic) bond motifs is 1. The minimum atomic E-state index is -0.864. The van der Waals surface area contributed by atoms with Crippen molar-refractivity contribution >= 4 is 28.3 Å². The van der Waals surface area contributed by atoms with Gasteiger partial charge in [0.05, 0.1) is 11.1 Å². The molecule has 1 amide bonds. The minimum Gasteiger partial charge on any atom is -0.481 e. The Labute approximate surface area is 140 Å². The quantitative estimate of drug-likeness (QED) is 0.885. The van der Waals surface area contributed by atoms with Gasteiger partial charge in [-0.1, -0.05) is 13.8 Å². The fourth-order valence-corrected chi connectivity index (χ4v) is 4.99. The van der Waals surface area contributed by atoms with Crippen LogP contribution in [0.1, 0.15) is 57.0 Å². The lowest BCUT2D eigenvalue weighted by molar-refractivity contribution is -0.154. The van der Waals surface area contributed by atoms with Crippen molar-refractivity contribution in [2.45, 2.75) is 59.3 Å². The summed E-state index contributed by atoms with van der Waals surface area (Å²) in [6, 6.07) is 0. The summed E-state index contributed by atoms with van der Waals surface area (Å²) in [5, 5.41) is 13.2. The highest BCUT2D eigenvalue weighted by molar-refractivity contribution is 7.15. The number of aromatic nitrogens is 1. The molecule has 2 aliphatic rings. The molecule has 0 aromatic carbocycles. The van der Waals surface area contributed by atoms with E-state index in [-0.39, 0.29) is 11.8 Å². The Morgan fingerprint density at radius 3 is 2.57 bits per heavy atom. The Bertz CT molecular complexity index is 629. The second-order valence-corrected chi connectivity index (χ2v) is 8.62. The number of aryl methyl sites for hydroxylation is 2. The zero-order valence-corrected chi connectivity index (χ0v) is 14.8. The minimum absolute atomic E-state index is 0.0916. The first-order valence-electron chi connectivity index (χ1n) is 8.28. The second-order valence-electron chi connectivity index (χ2n) is 7.54. The van der Waals surface area contributed by atoms with Crippen molar-refractivity contribution in [3.8, 4) is 0 Å². The van der Waals surface area contributed by atoms with Gasteiger partial charge in [-0.15, -0.1) is 11.3 Å². The summed E-state index contributed by atoms with van der Waals surface area (Å²) in [5.74, 6) is -1.21. The van der Waals surface area contributed by atoms with Crippen molar-refractivity contribution in [3.63, 3.8) is 0 Å². The highest BCUT2D eigenvalue weighted by Crippen LogP contribution is 2.56. The van der Waals surface area contributed by atoms with Gasteiger partial charge in [-0.25, -0.2) is 4.98 Å². The third kappa shape index (κ3) is 2.57. The maximum atomic E-state index is 12.7. The molecule has 1 fully saturated rings. The number of carboxylic acid groups (broad SMARTS) is 1. The first-order chi connectivity index (χ1) is 10.8. The molecule has 0 bridgehead atoms. The van der Waals surface area contributed by atoms with Crippen LogP contribution in [0.3, 0.4) is 0 Å². The number of aliphatic carboxylic acids is 1. The number of amides is 1. The number of hydrogen-bond donors (Lipinski definition) is 2. The van der Waals surface area contributed by atoms with E-state index in [0.717, 1.165) is 25.0 Å². The van der Waals surface area contributed by atoms with E-state index in [4.69, 9.17) is 0 Å². The summed E-state index contributed by atoms with van der Waals surface area (Å²) in [5.41, 5.74) is -0.325. The largest absolute Gasteiger partial charge is 0.481 e. The monoisotopic (exact) mass is 336 g/mol. The normalized spacial score (nSPS) is 29.1. The maximum absolute atomic E-state index is 12.7. The van der Waals surface area contributed by atoms with Gasteiger partial charge in [-0.2, -0.15) is 0 Å². The SMILES string of the molecule is CC1(C)[C@@H](C(=O)Nc2nc3c(s2)CCCC3)CC[C@@]1(C)C(=O)O. The molecule has 3 rings (SSSR count). The number of nitrogens with one attached hydrogen (secondary N) is 1. The van der Waals surface area contributed by atoms with Crippen LogP contribution in [-0.2, 0) is 22.4 Å². The highest BCUT2D eigenvalue weighted by Gasteiger charge is 2.58. The van der Waals surface area contributed by atoms with Crippen LogP contribution in [0.5, 0.6) is 0 Å². The number of rotatable bonds is 3. The summed E-state index contributed by atoms with van der Waals surface area (Å²) >= 11 is 1.57. The van der Waals surface area contributed by atoms with E-state index in [9.17, 15) is 14.7 Å². The van der Waals surface area contributed by atoms with Gasteiger partial charge in [-0.3, -0.25) is 9.59 Å². The predicted molar refractivity (Wildman–Crippen MR) is 89.6 cm³/mol. The number of anilines is 1. The smallest absolute Gasteiger partial charge is 0.309 e. The lowest BCUT2D eigenvalue weighted by Crippen LogP contribution is -2.43. The van der Waals surface area contributed by atoms with Crippen LogP contribution >= 0.6 is 11.3 Å². The fraction of sp³-hybridized carbons (Fsp3) is 0.706. The van der Waals surface area contributed by atoms with Crippen molar-refractivity contribution in [2.75, 3.05) is 5.32 Å². The van der Waals surface area contributed by atoms with Gasteiger partial charge in [0.2, 0.25) is 5.91 Å². The van der Waals surface area contributed by atoms with Crippen LogP contribution in [0.4, 0.5) is 5.13 Å². The van der Waals surface area contributed by atoms with Crippen LogP contribution in [0.2, 0.25) is 0 Å². The molecule has 126 valence electrons. The van der Waals surface area contributed by atoms with E-state index >= 15 is 0 Å². The van der Waals surface area contributed by atoms with E-state index in [0.29, 0.717) is 18.0 Å². The van der Waals surface area contributed by atoms with Crippen molar-refractivity contribution in [2.24, 2.45) is 16.7 Å². The summed E-state index contributed by atoms with van der Waals surface area (Å²) in [7, 11) is 0. The molecular weight excluding hydrogens is 312 g/mol. The summed E-state index contributed by atoms with van der Waals surface area (Å²) in [4.78, 5) is 30.2. The van der Waals surface area contributed by atoms with E-state index in [2.05, 4.69) is 10.3 Å². The topological polar surface area (TPSA) is 79.3 Å². The molecule has 0 spiro atoms. The van der Waals surface area contributed by atoms with Crippen LogP contribution < -0.4 is 5.32 Å². The van der Waals surface area contributed by atoms with Crippen LogP contribution in [-0.4, -0.2) is 22.0 Å².